The molecule has 0 spiro atoms. The van der Waals surface area contributed by atoms with Crippen LogP contribution in [0.2, 0.25) is 0 Å². The first-order valence-electron chi connectivity index (χ1n) is 6.71. The van der Waals surface area contributed by atoms with E-state index in [1.807, 2.05) is 0 Å². The molecule has 0 N–H and O–H groups in total. The van der Waals surface area contributed by atoms with E-state index in [2.05, 4.69) is 10.1 Å². The third kappa shape index (κ3) is 3.24. The summed E-state index contributed by atoms with van der Waals surface area (Å²) in [7, 11) is 0. The molecule has 0 aliphatic carbocycles. The smallest absolute Gasteiger partial charge is 0.363 e. The number of aliphatic imine (C=N–C) groups is 1. The molecule has 0 aromatic heterocycles. The molecule has 118 valence electrons. The minimum Gasteiger partial charge on any atom is -0.860 e. The first-order valence-corrected chi connectivity index (χ1v) is 6.71. The second-order valence-corrected chi connectivity index (χ2v) is 4.87. The van der Waals surface area contributed by atoms with Gasteiger partial charge in [-0.1, -0.05) is 12.2 Å². The van der Waals surface area contributed by atoms with Crippen molar-refractivity contribution in [3.8, 4) is 0 Å². The van der Waals surface area contributed by atoms with Crippen molar-refractivity contribution in [1.29, 1.82) is 0 Å². The Hall–Kier alpha value is -3.07. The number of hydrogen-bond acceptors (Lipinski definition) is 6. The van der Waals surface area contributed by atoms with Gasteiger partial charge in [0.15, 0.2) is 0 Å². The number of rotatable bonds is 4. The van der Waals surface area contributed by atoms with Gasteiger partial charge in [-0.25, -0.2) is 14.8 Å². The largest absolute Gasteiger partial charge is 0.860 e. The number of non-ortho nitro benzene ring substituents is 1. The highest BCUT2D eigenvalue weighted by Gasteiger charge is 2.22. The second-order valence-electron chi connectivity index (χ2n) is 4.87. The molecule has 9 nitrogen and oxygen atoms in total. The molecule has 2 aliphatic rings. The molecular weight excluding hydrogens is 304 g/mol. The van der Waals surface area contributed by atoms with Gasteiger partial charge in [-0.2, -0.15) is 5.10 Å². The van der Waals surface area contributed by atoms with Gasteiger partial charge < -0.3 is 9.84 Å². The van der Waals surface area contributed by atoms with Gasteiger partial charge >= 0.3 is 6.03 Å². The van der Waals surface area contributed by atoms with Crippen molar-refractivity contribution in [1.82, 2.24) is 5.01 Å². The highest BCUT2D eigenvalue weighted by molar-refractivity contribution is 5.96. The van der Waals surface area contributed by atoms with Crippen molar-refractivity contribution >= 4 is 23.8 Å². The van der Waals surface area contributed by atoms with Gasteiger partial charge in [-0.3, -0.25) is 10.1 Å². The molecule has 0 fully saturated rings. The number of benzene rings is 1. The van der Waals surface area contributed by atoms with E-state index in [4.69, 9.17) is 4.74 Å². The molecule has 9 heteroatoms. The number of nitro groups is 1. The molecule has 1 aromatic rings. The quantitative estimate of drug-likeness (QED) is 0.352. The van der Waals surface area contributed by atoms with E-state index in [9.17, 15) is 20.0 Å². The number of nitrogens with zero attached hydrogens (tertiary/aromatic N) is 4. The van der Waals surface area contributed by atoms with Gasteiger partial charge in [0, 0.05) is 12.1 Å². The highest BCUT2D eigenvalue weighted by atomic mass is 16.6. The zero-order chi connectivity index (χ0) is 16.4. The summed E-state index contributed by atoms with van der Waals surface area (Å²) >= 11 is 0. The van der Waals surface area contributed by atoms with Crippen LogP contribution in [-0.2, 0) is 4.74 Å². The summed E-state index contributed by atoms with van der Waals surface area (Å²) in [5, 5.41) is 26.4. The molecule has 2 atom stereocenters. The van der Waals surface area contributed by atoms with Crippen molar-refractivity contribution in [3.05, 3.63) is 52.1 Å². The number of ether oxygens (including phenoxy) is 1. The molecule has 3 rings (SSSR count). The predicted molar refractivity (Wildman–Crippen MR) is 77.9 cm³/mol. The Morgan fingerprint density at radius 3 is 2.70 bits per heavy atom. The first-order chi connectivity index (χ1) is 11.0. The van der Waals surface area contributed by atoms with Crippen LogP contribution in [0.1, 0.15) is 11.7 Å². The number of carbonyl (C=O) groups is 1. The molecule has 0 radical (unpaired) electrons. The summed E-state index contributed by atoms with van der Waals surface area (Å²) < 4.78 is 5.69. The van der Waals surface area contributed by atoms with E-state index in [-0.39, 0.29) is 18.3 Å². The second kappa shape index (κ2) is 5.97. The van der Waals surface area contributed by atoms with Crippen molar-refractivity contribution in [2.45, 2.75) is 12.2 Å². The van der Waals surface area contributed by atoms with E-state index in [1.165, 1.54) is 18.3 Å². The summed E-state index contributed by atoms with van der Waals surface area (Å²) in [4.78, 5) is 24.7. The van der Waals surface area contributed by atoms with Crippen molar-refractivity contribution in [3.63, 3.8) is 0 Å². The van der Waals surface area contributed by atoms with Gasteiger partial charge in [-0.15, -0.1) is 0 Å². The highest BCUT2D eigenvalue weighted by Crippen LogP contribution is 2.27. The van der Waals surface area contributed by atoms with Gasteiger partial charge in [-0.05, 0) is 23.6 Å². The number of hydrogen-bond donors (Lipinski definition) is 0. The van der Waals surface area contributed by atoms with Crippen LogP contribution in [0.3, 0.4) is 0 Å². The Morgan fingerprint density at radius 2 is 2.09 bits per heavy atom. The summed E-state index contributed by atoms with van der Waals surface area (Å²) in [5.41, 5.74) is 0.778. The standard InChI is InChI=1S/C14H12N4O5/c19-13-8-17(14(20)16-13)15-7-11-5-6-12(23-11)9-1-3-10(4-2-9)18(21)22/h1-7,11-12H,8H2,(H,16,19,20)/p-1/b15-7+. The van der Waals surface area contributed by atoms with Crippen LogP contribution in [0.4, 0.5) is 10.5 Å². The fraction of sp³-hybridized carbons (Fsp3) is 0.214. The molecule has 2 heterocycles. The minimum atomic E-state index is -0.694. The molecule has 2 unspecified atom stereocenters. The predicted octanol–water partition coefficient (Wildman–Crippen LogP) is 0.771. The Bertz CT molecular complexity index is 725. The monoisotopic (exact) mass is 315 g/mol. The third-order valence-corrected chi connectivity index (χ3v) is 3.29. The van der Waals surface area contributed by atoms with Crippen molar-refractivity contribution in [2.24, 2.45) is 10.1 Å². The van der Waals surface area contributed by atoms with Gasteiger partial charge in [0.1, 0.15) is 12.2 Å². The average molecular weight is 315 g/mol. The van der Waals surface area contributed by atoms with E-state index >= 15 is 0 Å². The van der Waals surface area contributed by atoms with Crippen LogP contribution in [0, 0.1) is 10.1 Å². The normalized spacial score (nSPS) is 23.7. The molecule has 2 aliphatic heterocycles. The van der Waals surface area contributed by atoms with Crippen LogP contribution in [0.15, 0.2) is 46.5 Å². The lowest BCUT2D eigenvalue weighted by molar-refractivity contribution is -0.384. The van der Waals surface area contributed by atoms with E-state index in [0.717, 1.165) is 10.6 Å². The molecule has 0 saturated carbocycles. The molecule has 0 saturated heterocycles. The zero-order valence-corrected chi connectivity index (χ0v) is 11.7. The average Bonchev–Trinajstić information content (AvgIpc) is 3.11. The molecule has 0 bridgehead atoms. The van der Waals surface area contributed by atoms with Crippen molar-refractivity contribution < 1.29 is 19.6 Å². The van der Waals surface area contributed by atoms with Crippen LogP contribution >= 0.6 is 0 Å². The topological polar surface area (TPSA) is 120 Å². The van der Waals surface area contributed by atoms with Gasteiger partial charge in [0.25, 0.3) is 5.69 Å². The van der Waals surface area contributed by atoms with Crippen molar-refractivity contribution in [2.75, 3.05) is 6.54 Å². The Balaban J connectivity index is 1.60. The number of nitro benzene ring substituents is 1. The first kappa shape index (κ1) is 14.9. The van der Waals surface area contributed by atoms with Crippen LogP contribution in [0.25, 0.3) is 0 Å². The van der Waals surface area contributed by atoms with E-state index in [0.29, 0.717) is 0 Å². The third-order valence-electron chi connectivity index (χ3n) is 3.29. The minimum absolute atomic E-state index is 0.00908. The Morgan fingerprint density at radius 1 is 1.35 bits per heavy atom. The maximum Gasteiger partial charge on any atom is 0.363 e. The molecule has 23 heavy (non-hydrogen) atoms. The summed E-state index contributed by atoms with van der Waals surface area (Å²) in [6.45, 7) is -0.169. The lowest BCUT2D eigenvalue weighted by atomic mass is 10.1. The van der Waals surface area contributed by atoms with Crippen LogP contribution in [-0.4, -0.2) is 40.7 Å². The SMILES string of the molecule is O=C1N=C([O-])CN1/N=C/C1C=CC(c2ccc([N+](=O)[O-])cc2)O1. The van der Waals surface area contributed by atoms with E-state index < -0.39 is 23.0 Å². The fourth-order valence-electron chi connectivity index (χ4n) is 2.16. The maximum atomic E-state index is 11.3. The summed E-state index contributed by atoms with van der Waals surface area (Å²) in [6, 6.07) is 5.36. The molecule has 1 aromatic carbocycles. The zero-order valence-electron chi connectivity index (χ0n) is 11.7. The number of amides is 2. The van der Waals surface area contributed by atoms with E-state index in [1.54, 1.807) is 24.3 Å². The van der Waals surface area contributed by atoms with Crippen LogP contribution < -0.4 is 5.11 Å². The lowest BCUT2D eigenvalue weighted by Gasteiger charge is -2.13. The summed E-state index contributed by atoms with van der Waals surface area (Å²) in [5.74, 6) is -0.529. The van der Waals surface area contributed by atoms with Gasteiger partial charge in [0.2, 0.25) is 0 Å². The summed E-state index contributed by atoms with van der Waals surface area (Å²) in [6.07, 6.45) is 4.12. The fourth-order valence-corrected chi connectivity index (χ4v) is 2.16. The Kier molecular flexibility index (Phi) is 3.85. The molecular formula is C14H11N4O5-. The lowest BCUT2D eigenvalue weighted by Crippen LogP contribution is -2.27. The molecule has 2 amide bonds. The maximum absolute atomic E-state index is 11.3. The number of hydrazone groups is 1. The number of carbonyl (C=O) groups excluding carboxylic acids is 1. The number of urea groups is 1. The Labute approximate surface area is 130 Å². The van der Waals surface area contributed by atoms with Crippen LogP contribution in [0.5, 0.6) is 0 Å². The van der Waals surface area contributed by atoms with Gasteiger partial charge in [0.05, 0.1) is 17.7 Å².